The van der Waals surface area contributed by atoms with Crippen molar-refractivity contribution in [3.8, 4) is 11.4 Å². The van der Waals surface area contributed by atoms with E-state index in [1.165, 1.54) is 11.3 Å². The number of hydrogen-bond acceptors (Lipinski definition) is 7. The molecule has 1 aromatic carbocycles. The molecule has 1 aliphatic carbocycles. The van der Waals surface area contributed by atoms with Crippen LogP contribution in [0.1, 0.15) is 86.0 Å². The van der Waals surface area contributed by atoms with Gasteiger partial charge in [-0.25, -0.2) is 4.98 Å². The molecule has 3 N–H and O–H groups in total. The number of rotatable bonds is 6. The van der Waals surface area contributed by atoms with Crippen LogP contribution in [0.3, 0.4) is 0 Å². The molecule has 262 valence electrons. The SMILES string of the molecule is CC1CN(C(=O)c2ccc3cc(-c4n[nH]c5c4CCC(C)(C)C5)[nH]c3c2)CCN1CC1CCN(c2ccc(C3CCC(=O)NC3=O)cn2)CC1. The fourth-order valence-corrected chi connectivity index (χ4v) is 8.57. The van der Waals surface area contributed by atoms with Crippen LogP contribution in [0.2, 0.25) is 0 Å². The van der Waals surface area contributed by atoms with Crippen molar-refractivity contribution >= 4 is 34.4 Å². The largest absolute Gasteiger partial charge is 0.357 e. The molecule has 3 aliphatic heterocycles. The first-order valence-corrected chi connectivity index (χ1v) is 18.4. The predicted octanol–water partition coefficient (Wildman–Crippen LogP) is 5.05. The summed E-state index contributed by atoms with van der Waals surface area (Å²) in [6, 6.07) is 12.5. The summed E-state index contributed by atoms with van der Waals surface area (Å²) >= 11 is 0. The van der Waals surface area contributed by atoms with Gasteiger partial charge in [-0.2, -0.15) is 5.10 Å². The van der Waals surface area contributed by atoms with Crippen molar-refractivity contribution in [2.45, 2.75) is 77.7 Å². The van der Waals surface area contributed by atoms with Gasteiger partial charge in [-0.3, -0.25) is 29.7 Å². The van der Waals surface area contributed by atoms with Crippen LogP contribution in [0.15, 0.2) is 42.6 Å². The molecule has 0 saturated carbocycles. The number of H-pyrrole nitrogens is 2. The van der Waals surface area contributed by atoms with Gasteiger partial charge in [0.2, 0.25) is 11.8 Å². The van der Waals surface area contributed by atoms with E-state index in [0.29, 0.717) is 30.2 Å². The van der Waals surface area contributed by atoms with Gasteiger partial charge in [0, 0.05) is 85.7 Å². The summed E-state index contributed by atoms with van der Waals surface area (Å²) in [5, 5.41) is 11.5. The first kappa shape index (κ1) is 32.7. The second kappa shape index (κ2) is 13.0. The van der Waals surface area contributed by atoms with Gasteiger partial charge in [-0.15, -0.1) is 0 Å². The molecule has 4 aromatic rings. The zero-order valence-electron chi connectivity index (χ0n) is 29.4. The predicted molar refractivity (Wildman–Crippen MR) is 193 cm³/mol. The standard InChI is InChI=1S/C39H48N8O3/c1-24-22-47(38(50)27-5-4-26-18-32(41-31(26)19-27)36-30-10-13-39(2,3)20-33(30)43-44-36)17-16-46(24)23-25-11-14-45(15-12-25)34-8-6-28(21-40-34)29-7-9-35(48)42-37(29)49/h4-6,8,18-19,21,24-25,29,41H,7,9-17,20,22-23H2,1-3H3,(H,43,44)(H,42,48,49). The fraction of sp³-hybridized carbons (Fsp3) is 0.513. The Labute approximate surface area is 293 Å². The second-order valence-corrected chi connectivity index (χ2v) is 15.8. The molecule has 2 atom stereocenters. The fourth-order valence-electron chi connectivity index (χ4n) is 8.57. The Morgan fingerprint density at radius 1 is 1.00 bits per heavy atom. The third kappa shape index (κ3) is 6.43. The van der Waals surface area contributed by atoms with Crippen molar-refractivity contribution in [2.75, 3.05) is 44.2 Å². The molecule has 3 fully saturated rings. The zero-order chi connectivity index (χ0) is 34.6. The lowest BCUT2D eigenvalue weighted by Gasteiger charge is -2.42. The number of amides is 3. The highest BCUT2D eigenvalue weighted by atomic mass is 16.2. The maximum atomic E-state index is 13.7. The van der Waals surface area contributed by atoms with Crippen LogP contribution in [0.5, 0.6) is 0 Å². The number of benzene rings is 1. The number of hydrogen-bond donors (Lipinski definition) is 3. The quantitative estimate of drug-likeness (QED) is 0.244. The van der Waals surface area contributed by atoms with Gasteiger partial charge in [-0.05, 0) is 86.6 Å². The van der Waals surface area contributed by atoms with Gasteiger partial charge in [0.15, 0.2) is 0 Å². The second-order valence-electron chi connectivity index (χ2n) is 15.8. The van der Waals surface area contributed by atoms with Gasteiger partial charge >= 0.3 is 0 Å². The van der Waals surface area contributed by atoms with Gasteiger partial charge < -0.3 is 14.8 Å². The van der Waals surface area contributed by atoms with E-state index in [2.05, 4.69) is 63.1 Å². The number of piperidine rings is 2. The minimum atomic E-state index is -0.306. The lowest BCUT2D eigenvalue weighted by molar-refractivity contribution is -0.134. The van der Waals surface area contributed by atoms with E-state index < -0.39 is 0 Å². The number of aromatic nitrogens is 4. The molecule has 0 spiro atoms. The monoisotopic (exact) mass is 676 g/mol. The number of imide groups is 1. The molecular formula is C39H48N8O3. The summed E-state index contributed by atoms with van der Waals surface area (Å²) in [4.78, 5) is 52.6. The third-order valence-electron chi connectivity index (χ3n) is 11.7. The smallest absolute Gasteiger partial charge is 0.254 e. The Balaban J connectivity index is 0.838. The number of pyridine rings is 1. The lowest BCUT2D eigenvalue weighted by Crippen LogP contribution is -2.55. The van der Waals surface area contributed by atoms with Crippen molar-refractivity contribution in [3.05, 3.63) is 65.0 Å². The van der Waals surface area contributed by atoms with Gasteiger partial charge in [0.25, 0.3) is 5.91 Å². The number of nitrogens with zero attached hydrogens (tertiary/aromatic N) is 5. The number of carbonyl (C=O) groups excluding carboxylic acids is 3. The van der Waals surface area contributed by atoms with Gasteiger partial charge in [0.1, 0.15) is 11.5 Å². The summed E-state index contributed by atoms with van der Waals surface area (Å²) in [7, 11) is 0. The minimum absolute atomic E-state index is 0.0957. The molecule has 3 aromatic heterocycles. The maximum absolute atomic E-state index is 13.7. The van der Waals surface area contributed by atoms with Crippen LogP contribution < -0.4 is 10.2 Å². The van der Waals surface area contributed by atoms with Gasteiger partial charge in [0.05, 0.1) is 11.6 Å². The van der Waals surface area contributed by atoms with Crippen LogP contribution in [0, 0.1) is 11.3 Å². The van der Waals surface area contributed by atoms with E-state index in [4.69, 9.17) is 5.10 Å². The molecule has 0 bridgehead atoms. The number of nitrogens with one attached hydrogen (secondary N) is 3. The number of aromatic amines is 2. The average Bonchev–Trinajstić information content (AvgIpc) is 3.72. The highest BCUT2D eigenvalue weighted by Gasteiger charge is 2.32. The molecule has 8 rings (SSSR count). The number of carbonyl (C=O) groups is 3. The Kier molecular flexibility index (Phi) is 8.49. The van der Waals surface area contributed by atoms with Gasteiger partial charge in [-0.1, -0.05) is 26.0 Å². The molecule has 3 saturated heterocycles. The molecule has 3 amide bonds. The van der Waals surface area contributed by atoms with Crippen LogP contribution in [0.4, 0.5) is 5.82 Å². The maximum Gasteiger partial charge on any atom is 0.254 e. The minimum Gasteiger partial charge on any atom is -0.357 e. The molecule has 11 nitrogen and oxygen atoms in total. The molecule has 0 radical (unpaired) electrons. The molecular weight excluding hydrogens is 628 g/mol. The van der Waals surface area contributed by atoms with Crippen molar-refractivity contribution in [2.24, 2.45) is 11.3 Å². The van der Waals surface area contributed by atoms with Crippen molar-refractivity contribution in [1.82, 2.24) is 35.3 Å². The first-order chi connectivity index (χ1) is 24.1. The summed E-state index contributed by atoms with van der Waals surface area (Å²) < 4.78 is 0. The summed E-state index contributed by atoms with van der Waals surface area (Å²) in [5.41, 5.74) is 7.44. The third-order valence-corrected chi connectivity index (χ3v) is 11.7. The first-order valence-electron chi connectivity index (χ1n) is 18.4. The normalized spacial score (nSPS) is 23.3. The van der Waals surface area contributed by atoms with E-state index >= 15 is 0 Å². The Morgan fingerprint density at radius 3 is 2.60 bits per heavy atom. The van der Waals surface area contributed by atoms with Crippen molar-refractivity contribution < 1.29 is 14.4 Å². The van der Waals surface area contributed by atoms with Crippen LogP contribution in [-0.2, 0) is 22.4 Å². The van der Waals surface area contributed by atoms with Crippen LogP contribution in [0.25, 0.3) is 22.3 Å². The summed E-state index contributed by atoms with van der Waals surface area (Å²) in [6.45, 7) is 12.2. The Morgan fingerprint density at radius 2 is 1.84 bits per heavy atom. The highest BCUT2D eigenvalue weighted by molar-refractivity contribution is 6.01. The average molecular weight is 677 g/mol. The number of anilines is 1. The molecule has 11 heteroatoms. The van der Waals surface area contributed by atoms with Crippen LogP contribution >= 0.6 is 0 Å². The molecule has 6 heterocycles. The summed E-state index contributed by atoms with van der Waals surface area (Å²) in [5.74, 6) is 0.916. The van der Waals surface area contributed by atoms with E-state index in [0.717, 1.165) is 111 Å². The topological polar surface area (TPSA) is 130 Å². The number of piperazine rings is 1. The van der Waals surface area contributed by atoms with Crippen molar-refractivity contribution in [1.29, 1.82) is 0 Å². The summed E-state index contributed by atoms with van der Waals surface area (Å²) in [6.07, 6.45) is 8.09. The van der Waals surface area contributed by atoms with Crippen molar-refractivity contribution in [3.63, 3.8) is 0 Å². The number of fused-ring (bicyclic) bond motifs is 2. The van der Waals surface area contributed by atoms with Crippen LogP contribution in [-0.4, -0.2) is 93.0 Å². The van der Waals surface area contributed by atoms with E-state index in [9.17, 15) is 14.4 Å². The van der Waals surface area contributed by atoms with E-state index in [1.54, 1.807) is 6.20 Å². The lowest BCUT2D eigenvalue weighted by atomic mass is 9.76. The Hall–Kier alpha value is -4.51. The highest BCUT2D eigenvalue weighted by Crippen LogP contribution is 2.38. The molecule has 50 heavy (non-hydrogen) atoms. The van der Waals surface area contributed by atoms with E-state index in [-0.39, 0.29) is 23.6 Å². The molecule has 4 aliphatic rings. The zero-order valence-corrected chi connectivity index (χ0v) is 29.4. The van der Waals surface area contributed by atoms with E-state index in [1.807, 2.05) is 29.2 Å². The Bertz CT molecular complexity index is 1920. The molecule has 2 unspecified atom stereocenters.